The zero-order valence-corrected chi connectivity index (χ0v) is 22.7. The molecule has 2 aromatic heterocycles. The minimum Gasteiger partial charge on any atom is -0.473 e. The first-order valence-corrected chi connectivity index (χ1v) is 13.2. The van der Waals surface area contributed by atoms with Crippen molar-refractivity contribution in [1.29, 1.82) is 0 Å². The lowest BCUT2D eigenvalue weighted by molar-refractivity contribution is 0.0826. The van der Waals surface area contributed by atoms with E-state index in [0.717, 1.165) is 36.8 Å². The number of nitrogens with one attached hydrogen (secondary N) is 1. The van der Waals surface area contributed by atoms with E-state index in [1.807, 2.05) is 39.0 Å². The number of amides is 1. The standard InChI is InChI=1S/C29H34ClFN4O3/c1-29(2,3)35(28(36)37)17-19-10-12-22(13-11-19)33-26-15-23(24(30)16-32-26)25-8-5-9-27(34-25)38-18-20-6-4-7-21(31)14-20/h4-9,14-16,19,22H,10-13,17-18H2,1-3H3,(H,32,33)(H,36,37)/t19-,22-. The van der Waals surface area contributed by atoms with E-state index in [1.165, 1.54) is 12.1 Å². The summed E-state index contributed by atoms with van der Waals surface area (Å²) in [5.74, 6) is 1.16. The molecule has 0 aliphatic heterocycles. The fourth-order valence-corrected chi connectivity index (χ4v) is 4.94. The van der Waals surface area contributed by atoms with Gasteiger partial charge in [0.05, 0.1) is 10.7 Å². The molecule has 0 unspecified atom stereocenters. The third-order valence-electron chi connectivity index (χ3n) is 6.81. The Morgan fingerprint density at radius 3 is 2.58 bits per heavy atom. The summed E-state index contributed by atoms with van der Waals surface area (Å²) in [7, 11) is 0. The van der Waals surface area contributed by atoms with Crippen LogP contribution < -0.4 is 10.1 Å². The van der Waals surface area contributed by atoms with E-state index in [4.69, 9.17) is 16.3 Å². The highest BCUT2D eigenvalue weighted by Gasteiger charge is 2.31. The third-order valence-corrected chi connectivity index (χ3v) is 7.11. The number of pyridine rings is 2. The Bertz CT molecular complexity index is 1260. The first-order chi connectivity index (χ1) is 18.1. The average Bonchev–Trinajstić information content (AvgIpc) is 2.87. The Morgan fingerprint density at radius 1 is 1.16 bits per heavy atom. The van der Waals surface area contributed by atoms with Crippen molar-refractivity contribution in [2.24, 2.45) is 5.92 Å². The summed E-state index contributed by atoms with van der Waals surface area (Å²) >= 11 is 6.48. The van der Waals surface area contributed by atoms with Crippen LogP contribution in [0.5, 0.6) is 5.88 Å². The zero-order chi connectivity index (χ0) is 27.3. The molecule has 1 aliphatic rings. The van der Waals surface area contributed by atoms with Crippen LogP contribution in [0.4, 0.5) is 15.0 Å². The number of aromatic nitrogens is 2. The van der Waals surface area contributed by atoms with Crippen molar-refractivity contribution in [3.63, 3.8) is 0 Å². The number of nitrogens with zero attached hydrogens (tertiary/aromatic N) is 3. The number of carbonyl (C=O) groups is 1. The van der Waals surface area contributed by atoms with Crippen LogP contribution in [-0.2, 0) is 6.61 Å². The van der Waals surface area contributed by atoms with Gasteiger partial charge in [-0.05, 0) is 82.2 Å². The number of hydrogen-bond donors (Lipinski definition) is 2. The highest BCUT2D eigenvalue weighted by Crippen LogP contribution is 2.32. The fourth-order valence-electron chi connectivity index (χ4n) is 4.74. The molecule has 1 aliphatic carbocycles. The zero-order valence-electron chi connectivity index (χ0n) is 22.0. The molecular formula is C29H34ClFN4O3. The van der Waals surface area contributed by atoms with Crippen LogP contribution in [0.15, 0.2) is 54.7 Å². The SMILES string of the molecule is CC(C)(C)N(C[C@H]1CC[C@H](Nc2cc(-c3cccc(OCc4cccc(F)c4)n3)c(Cl)cn2)CC1)C(=O)O. The van der Waals surface area contributed by atoms with Crippen molar-refractivity contribution >= 4 is 23.5 Å². The van der Waals surface area contributed by atoms with Gasteiger partial charge in [-0.3, -0.25) is 0 Å². The highest BCUT2D eigenvalue weighted by molar-refractivity contribution is 6.33. The van der Waals surface area contributed by atoms with Gasteiger partial charge in [0.2, 0.25) is 5.88 Å². The molecule has 9 heteroatoms. The number of benzene rings is 1. The van der Waals surface area contributed by atoms with E-state index >= 15 is 0 Å². The molecule has 3 aromatic rings. The molecule has 0 atom stereocenters. The predicted molar refractivity (Wildman–Crippen MR) is 147 cm³/mol. The molecule has 0 radical (unpaired) electrons. The summed E-state index contributed by atoms with van der Waals surface area (Å²) in [5.41, 5.74) is 1.68. The lowest BCUT2D eigenvalue weighted by atomic mass is 9.85. The first-order valence-electron chi connectivity index (χ1n) is 12.9. The number of rotatable bonds is 8. The molecule has 0 bridgehead atoms. The number of hydrogen-bond acceptors (Lipinski definition) is 5. The fraction of sp³-hybridized carbons (Fsp3) is 0.414. The van der Waals surface area contributed by atoms with E-state index in [-0.39, 0.29) is 18.5 Å². The number of ether oxygens (including phenoxy) is 1. The molecule has 2 N–H and O–H groups in total. The molecule has 202 valence electrons. The van der Waals surface area contributed by atoms with Crippen molar-refractivity contribution in [2.45, 2.75) is 64.6 Å². The van der Waals surface area contributed by atoms with Gasteiger partial charge in [0.15, 0.2) is 0 Å². The monoisotopic (exact) mass is 540 g/mol. The Kier molecular flexibility index (Phi) is 8.72. The Morgan fingerprint density at radius 2 is 1.89 bits per heavy atom. The number of carboxylic acid groups (broad SMARTS) is 1. The van der Waals surface area contributed by atoms with Crippen molar-refractivity contribution in [1.82, 2.24) is 14.9 Å². The van der Waals surface area contributed by atoms with E-state index in [0.29, 0.717) is 34.9 Å². The molecule has 4 rings (SSSR count). The summed E-state index contributed by atoms with van der Waals surface area (Å²) < 4.78 is 19.2. The summed E-state index contributed by atoms with van der Waals surface area (Å²) in [6.45, 7) is 6.55. The molecular weight excluding hydrogens is 507 g/mol. The van der Waals surface area contributed by atoms with Crippen LogP contribution in [-0.4, -0.2) is 44.2 Å². The molecule has 1 amide bonds. The summed E-state index contributed by atoms with van der Waals surface area (Å²) in [6, 6.07) is 13.8. The molecule has 1 fully saturated rings. The van der Waals surface area contributed by atoms with Gasteiger partial charge in [-0.2, -0.15) is 0 Å². The second kappa shape index (κ2) is 12.0. The van der Waals surface area contributed by atoms with E-state index in [2.05, 4.69) is 15.3 Å². The van der Waals surface area contributed by atoms with Crippen molar-refractivity contribution in [2.75, 3.05) is 11.9 Å². The Hall–Kier alpha value is -3.39. The highest BCUT2D eigenvalue weighted by atomic mass is 35.5. The van der Waals surface area contributed by atoms with Crippen molar-refractivity contribution in [3.8, 4) is 17.1 Å². The van der Waals surface area contributed by atoms with Gasteiger partial charge in [-0.25, -0.2) is 19.2 Å². The lowest BCUT2D eigenvalue weighted by Gasteiger charge is -2.38. The van der Waals surface area contributed by atoms with Crippen molar-refractivity contribution in [3.05, 3.63) is 71.1 Å². The van der Waals surface area contributed by atoms with Crippen LogP contribution in [0.25, 0.3) is 11.3 Å². The minimum absolute atomic E-state index is 0.202. The maximum absolute atomic E-state index is 13.4. The smallest absolute Gasteiger partial charge is 0.407 e. The largest absolute Gasteiger partial charge is 0.473 e. The molecule has 2 heterocycles. The van der Waals surface area contributed by atoms with Crippen LogP contribution >= 0.6 is 11.6 Å². The topological polar surface area (TPSA) is 87.6 Å². The molecule has 1 saturated carbocycles. The molecule has 7 nitrogen and oxygen atoms in total. The summed E-state index contributed by atoms with van der Waals surface area (Å²) in [5, 5.41) is 13.6. The van der Waals surface area contributed by atoms with E-state index in [1.54, 1.807) is 29.3 Å². The Balaban J connectivity index is 1.37. The van der Waals surface area contributed by atoms with Crippen molar-refractivity contribution < 1.29 is 19.0 Å². The Labute approximate surface area is 228 Å². The van der Waals surface area contributed by atoms with Crippen LogP contribution in [0.1, 0.15) is 52.0 Å². The van der Waals surface area contributed by atoms with Gasteiger partial charge in [0, 0.05) is 36.0 Å². The quantitative estimate of drug-likeness (QED) is 0.312. The van der Waals surface area contributed by atoms with E-state index in [9.17, 15) is 14.3 Å². The van der Waals surface area contributed by atoms with Gasteiger partial charge in [-0.1, -0.05) is 29.8 Å². The van der Waals surface area contributed by atoms with Gasteiger partial charge >= 0.3 is 6.09 Å². The lowest BCUT2D eigenvalue weighted by Crippen LogP contribution is -2.48. The van der Waals surface area contributed by atoms with Crippen LogP contribution in [0.3, 0.4) is 0 Å². The third kappa shape index (κ3) is 7.34. The molecule has 1 aromatic carbocycles. The van der Waals surface area contributed by atoms with Gasteiger partial charge in [-0.15, -0.1) is 0 Å². The summed E-state index contributed by atoms with van der Waals surface area (Å²) in [6.07, 6.45) is 4.51. The number of halogens is 2. The van der Waals surface area contributed by atoms with Crippen LogP contribution in [0.2, 0.25) is 5.02 Å². The first kappa shape index (κ1) is 27.6. The number of anilines is 1. The van der Waals surface area contributed by atoms with Gasteiger partial charge in [0.25, 0.3) is 0 Å². The normalized spacial score (nSPS) is 17.6. The van der Waals surface area contributed by atoms with Gasteiger partial charge < -0.3 is 20.1 Å². The minimum atomic E-state index is -0.868. The summed E-state index contributed by atoms with van der Waals surface area (Å²) in [4.78, 5) is 22.3. The predicted octanol–water partition coefficient (Wildman–Crippen LogP) is 7.26. The molecule has 0 saturated heterocycles. The second-order valence-electron chi connectivity index (χ2n) is 10.8. The van der Waals surface area contributed by atoms with Gasteiger partial charge in [0.1, 0.15) is 18.2 Å². The second-order valence-corrected chi connectivity index (χ2v) is 11.2. The maximum atomic E-state index is 13.4. The maximum Gasteiger partial charge on any atom is 0.407 e. The van der Waals surface area contributed by atoms with E-state index < -0.39 is 11.6 Å². The molecule has 38 heavy (non-hydrogen) atoms. The average molecular weight is 541 g/mol. The molecule has 0 spiro atoms. The van der Waals surface area contributed by atoms with Crippen LogP contribution in [0, 0.1) is 11.7 Å².